The number of imide groups is 1. The van der Waals surface area contributed by atoms with Crippen LogP contribution in [0.2, 0.25) is 0 Å². The molecule has 0 atom stereocenters. The van der Waals surface area contributed by atoms with Crippen molar-refractivity contribution in [2.45, 2.75) is 20.8 Å². The third-order valence-corrected chi connectivity index (χ3v) is 5.59. The molecule has 1 N–H and O–H groups in total. The van der Waals surface area contributed by atoms with E-state index in [-0.39, 0.29) is 11.6 Å². The Hall–Kier alpha value is -3.86. The standard InChI is InChI=1S/C26H24N2O3/c1-16-13-14-22(31-4)21(15-16)28-25(29)23(19-10-6-5-7-11-19)24(26(28)30)27-20-12-8-9-17(2)18(20)3/h5-15,27H,1-4H3. The Kier molecular flexibility index (Phi) is 5.34. The number of rotatable bonds is 5. The lowest BCUT2D eigenvalue weighted by atomic mass is 10.0. The topological polar surface area (TPSA) is 58.6 Å². The first-order valence-corrected chi connectivity index (χ1v) is 10.1. The highest BCUT2D eigenvalue weighted by Gasteiger charge is 2.41. The number of benzene rings is 3. The monoisotopic (exact) mass is 412 g/mol. The van der Waals surface area contributed by atoms with E-state index in [0.29, 0.717) is 22.6 Å². The van der Waals surface area contributed by atoms with Gasteiger partial charge in [-0.25, -0.2) is 4.90 Å². The van der Waals surface area contributed by atoms with Crippen LogP contribution in [0.5, 0.6) is 5.75 Å². The lowest BCUT2D eigenvalue weighted by Crippen LogP contribution is -2.32. The molecule has 0 saturated carbocycles. The lowest BCUT2D eigenvalue weighted by Gasteiger charge is -2.19. The van der Waals surface area contributed by atoms with Crippen LogP contribution in [0.1, 0.15) is 22.3 Å². The Balaban J connectivity index is 1.88. The minimum absolute atomic E-state index is 0.258. The second-order valence-corrected chi connectivity index (χ2v) is 7.61. The predicted molar refractivity (Wildman–Crippen MR) is 123 cm³/mol. The van der Waals surface area contributed by atoms with E-state index in [9.17, 15) is 9.59 Å². The van der Waals surface area contributed by atoms with E-state index in [1.54, 1.807) is 12.1 Å². The zero-order valence-corrected chi connectivity index (χ0v) is 18.0. The van der Waals surface area contributed by atoms with Gasteiger partial charge in [-0.15, -0.1) is 0 Å². The van der Waals surface area contributed by atoms with Gasteiger partial charge in [0.05, 0.1) is 18.4 Å². The van der Waals surface area contributed by atoms with E-state index in [2.05, 4.69) is 5.32 Å². The van der Waals surface area contributed by atoms with Gasteiger partial charge in [0.25, 0.3) is 11.8 Å². The van der Waals surface area contributed by atoms with E-state index >= 15 is 0 Å². The van der Waals surface area contributed by atoms with Crippen LogP contribution in [0.15, 0.2) is 72.4 Å². The minimum Gasteiger partial charge on any atom is -0.495 e. The number of nitrogens with one attached hydrogen (secondary N) is 1. The minimum atomic E-state index is -0.409. The molecule has 0 saturated heterocycles. The van der Waals surface area contributed by atoms with Crippen molar-refractivity contribution in [3.05, 3.63) is 94.7 Å². The van der Waals surface area contributed by atoms with Crippen LogP contribution >= 0.6 is 0 Å². The molecule has 1 heterocycles. The fourth-order valence-electron chi connectivity index (χ4n) is 3.73. The summed E-state index contributed by atoms with van der Waals surface area (Å²) in [5.41, 5.74) is 5.56. The molecule has 5 nitrogen and oxygen atoms in total. The van der Waals surface area contributed by atoms with Gasteiger partial charge in [0.1, 0.15) is 11.4 Å². The third-order valence-electron chi connectivity index (χ3n) is 5.59. The summed E-state index contributed by atoms with van der Waals surface area (Å²) in [6.07, 6.45) is 0. The van der Waals surface area contributed by atoms with Crippen LogP contribution in [0, 0.1) is 20.8 Å². The fraction of sp³-hybridized carbons (Fsp3) is 0.154. The maximum Gasteiger partial charge on any atom is 0.282 e. The number of nitrogens with zero attached hydrogens (tertiary/aromatic N) is 1. The number of hydrogen-bond donors (Lipinski definition) is 1. The van der Waals surface area contributed by atoms with E-state index in [0.717, 1.165) is 22.4 Å². The largest absolute Gasteiger partial charge is 0.495 e. The quantitative estimate of drug-likeness (QED) is 0.598. The average molecular weight is 412 g/mol. The maximum absolute atomic E-state index is 13.6. The van der Waals surface area contributed by atoms with Gasteiger partial charge in [-0.1, -0.05) is 48.5 Å². The number of aryl methyl sites for hydroxylation is 2. The van der Waals surface area contributed by atoms with Gasteiger partial charge >= 0.3 is 0 Å². The molecule has 31 heavy (non-hydrogen) atoms. The summed E-state index contributed by atoms with van der Waals surface area (Å²) in [7, 11) is 1.53. The molecule has 1 aliphatic heterocycles. The number of hydrogen-bond acceptors (Lipinski definition) is 4. The summed E-state index contributed by atoms with van der Waals surface area (Å²) in [5, 5.41) is 3.26. The van der Waals surface area contributed by atoms with Crippen molar-refractivity contribution < 1.29 is 14.3 Å². The number of amides is 2. The molecule has 0 aliphatic carbocycles. The molecule has 5 heteroatoms. The molecule has 0 fully saturated rings. The van der Waals surface area contributed by atoms with Crippen molar-refractivity contribution in [3.8, 4) is 5.75 Å². The number of methoxy groups -OCH3 is 1. The van der Waals surface area contributed by atoms with Crippen LogP contribution in [0.4, 0.5) is 11.4 Å². The van der Waals surface area contributed by atoms with Crippen LogP contribution in [-0.4, -0.2) is 18.9 Å². The molecular weight excluding hydrogens is 388 g/mol. The fourth-order valence-corrected chi connectivity index (χ4v) is 3.73. The molecule has 3 aromatic carbocycles. The van der Waals surface area contributed by atoms with Crippen LogP contribution < -0.4 is 15.0 Å². The molecule has 3 aromatic rings. The molecule has 1 aliphatic rings. The van der Waals surface area contributed by atoms with Gasteiger partial charge in [0.2, 0.25) is 0 Å². The summed E-state index contributed by atoms with van der Waals surface area (Å²) < 4.78 is 5.45. The Bertz CT molecular complexity index is 1210. The maximum atomic E-state index is 13.6. The van der Waals surface area contributed by atoms with E-state index in [1.807, 2.05) is 75.4 Å². The first kappa shape index (κ1) is 20.4. The molecule has 0 aromatic heterocycles. The number of ether oxygens (including phenoxy) is 1. The Morgan fingerprint density at radius 1 is 0.839 bits per heavy atom. The first-order chi connectivity index (χ1) is 14.9. The Morgan fingerprint density at radius 2 is 1.58 bits per heavy atom. The molecule has 0 bridgehead atoms. The van der Waals surface area contributed by atoms with Gasteiger partial charge in [-0.2, -0.15) is 0 Å². The Labute approximate surface area is 182 Å². The third kappa shape index (κ3) is 3.59. The molecule has 156 valence electrons. The normalized spacial score (nSPS) is 13.7. The zero-order chi connectivity index (χ0) is 22.1. The van der Waals surface area contributed by atoms with Crippen LogP contribution in [0.25, 0.3) is 5.57 Å². The second kappa shape index (κ2) is 8.11. The van der Waals surface area contributed by atoms with Gasteiger partial charge in [0, 0.05) is 5.69 Å². The van der Waals surface area contributed by atoms with Gasteiger partial charge in [-0.05, 0) is 61.2 Å². The Morgan fingerprint density at radius 3 is 2.29 bits per heavy atom. The number of carbonyl (C=O) groups excluding carboxylic acids is 2. The predicted octanol–water partition coefficient (Wildman–Crippen LogP) is 5.02. The average Bonchev–Trinajstić information content (AvgIpc) is 3.01. The van der Waals surface area contributed by atoms with Crippen molar-refractivity contribution in [3.63, 3.8) is 0 Å². The van der Waals surface area contributed by atoms with Crippen molar-refractivity contribution in [2.75, 3.05) is 17.3 Å². The second-order valence-electron chi connectivity index (χ2n) is 7.61. The highest BCUT2D eigenvalue weighted by Crippen LogP contribution is 2.38. The summed E-state index contributed by atoms with van der Waals surface area (Å²) in [6.45, 7) is 5.91. The molecular formula is C26H24N2O3. The summed E-state index contributed by atoms with van der Waals surface area (Å²) >= 11 is 0. The summed E-state index contributed by atoms with van der Waals surface area (Å²) in [5.74, 6) is -0.325. The number of carbonyl (C=O) groups is 2. The van der Waals surface area contributed by atoms with Crippen molar-refractivity contribution in [1.29, 1.82) is 0 Å². The first-order valence-electron chi connectivity index (χ1n) is 10.1. The lowest BCUT2D eigenvalue weighted by molar-refractivity contribution is -0.120. The summed E-state index contributed by atoms with van der Waals surface area (Å²) in [4.78, 5) is 28.4. The van der Waals surface area contributed by atoms with Crippen molar-refractivity contribution in [1.82, 2.24) is 0 Å². The van der Waals surface area contributed by atoms with Gasteiger partial charge in [-0.3, -0.25) is 9.59 Å². The molecule has 0 spiro atoms. The summed E-state index contributed by atoms with van der Waals surface area (Å²) in [6, 6.07) is 20.5. The smallest absolute Gasteiger partial charge is 0.282 e. The highest BCUT2D eigenvalue weighted by atomic mass is 16.5. The van der Waals surface area contributed by atoms with E-state index in [1.165, 1.54) is 12.0 Å². The molecule has 2 amide bonds. The molecule has 4 rings (SSSR count). The highest BCUT2D eigenvalue weighted by molar-refractivity contribution is 6.46. The van der Waals surface area contributed by atoms with E-state index < -0.39 is 5.91 Å². The van der Waals surface area contributed by atoms with E-state index in [4.69, 9.17) is 4.74 Å². The van der Waals surface area contributed by atoms with Crippen LogP contribution in [-0.2, 0) is 9.59 Å². The van der Waals surface area contributed by atoms with Crippen LogP contribution in [0.3, 0.4) is 0 Å². The van der Waals surface area contributed by atoms with Crippen molar-refractivity contribution >= 4 is 28.8 Å². The zero-order valence-electron chi connectivity index (χ0n) is 18.0. The molecule has 0 radical (unpaired) electrons. The van der Waals surface area contributed by atoms with Gasteiger partial charge < -0.3 is 10.1 Å². The van der Waals surface area contributed by atoms with Crippen molar-refractivity contribution in [2.24, 2.45) is 0 Å². The molecule has 0 unspecified atom stereocenters. The number of anilines is 2. The van der Waals surface area contributed by atoms with Gasteiger partial charge in [0.15, 0.2) is 0 Å². The SMILES string of the molecule is COc1ccc(C)cc1N1C(=O)C(Nc2cccc(C)c2C)=C(c2ccccc2)C1=O.